The van der Waals surface area contributed by atoms with Gasteiger partial charge in [0.2, 0.25) is 0 Å². The third-order valence-electron chi connectivity index (χ3n) is 3.88. The zero-order valence-corrected chi connectivity index (χ0v) is 13.3. The van der Waals surface area contributed by atoms with Crippen LogP contribution >= 0.6 is 15.9 Å². The second-order valence-corrected chi connectivity index (χ2v) is 6.55. The number of aryl methyl sites for hydroxylation is 1. The first-order valence-corrected chi connectivity index (χ1v) is 7.54. The molecule has 0 spiro atoms. The predicted octanol–water partition coefficient (Wildman–Crippen LogP) is 3.58. The van der Waals surface area contributed by atoms with Gasteiger partial charge in [-0.2, -0.15) is 0 Å². The summed E-state index contributed by atoms with van der Waals surface area (Å²) < 4.78 is 1.19. The van der Waals surface area contributed by atoms with Crippen LogP contribution in [0.2, 0.25) is 0 Å². The highest BCUT2D eigenvalue weighted by atomic mass is 79.9. The van der Waals surface area contributed by atoms with Crippen molar-refractivity contribution in [3.63, 3.8) is 0 Å². The Morgan fingerprint density at radius 1 is 1.39 bits per heavy atom. The van der Waals surface area contributed by atoms with Gasteiger partial charge < -0.3 is 10.2 Å². The first-order valence-electron chi connectivity index (χ1n) is 6.75. The fraction of sp³-hybridized carbons (Fsp3) is 0.600. The second-order valence-electron chi connectivity index (χ2n) is 5.69. The molecule has 0 radical (unpaired) electrons. The number of benzene rings is 1. The van der Waals surface area contributed by atoms with E-state index in [1.165, 1.54) is 15.7 Å². The molecular formula is C15H23BrN2. The van der Waals surface area contributed by atoms with Gasteiger partial charge in [0, 0.05) is 35.3 Å². The fourth-order valence-corrected chi connectivity index (χ4v) is 2.75. The van der Waals surface area contributed by atoms with E-state index >= 15 is 0 Å². The molecule has 1 aromatic rings. The molecule has 100 valence electrons. The first kappa shape index (κ1) is 13.9. The van der Waals surface area contributed by atoms with Gasteiger partial charge in [-0.05, 0) is 43.5 Å². The fourth-order valence-electron chi connectivity index (χ4n) is 2.50. The molecule has 2 unspecified atom stereocenters. The normalized spacial score (nSPS) is 24.7. The lowest BCUT2D eigenvalue weighted by molar-refractivity contribution is 0.337. The molecule has 0 aromatic heterocycles. The molecule has 2 rings (SSSR count). The monoisotopic (exact) mass is 310 g/mol. The van der Waals surface area contributed by atoms with Crippen LogP contribution in [0, 0.1) is 12.8 Å². The smallest absolute Gasteiger partial charge is 0.0387 e. The molecule has 3 heteroatoms. The van der Waals surface area contributed by atoms with Crippen molar-refractivity contribution in [2.45, 2.75) is 39.8 Å². The molecule has 1 aliphatic heterocycles. The molecule has 1 heterocycles. The maximum atomic E-state index is 3.64. The van der Waals surface area contributed by atoms with Gasteiger partial charge in [-0.25, -0.2) is 0 Å². The first-order chi connectivity index (χ1) is 8.49. The lowest BCUT2D eigenvalue weighted by atomic mass is 9.99. The largest absolute Gasteiger partial charge is 0.366 e. The van der Waals surface area contributed by atoms with Crippen LogP contribution in [0.4, 0.5) is 5.69 Å². The summed E-state index contributed by atoms with van der Waals surface area (Å²) in [5.74, 6) is 0.677. The van der Waals surface area contributed by atoms with Crippen molar-refractivity contribution in [2.75, 3.05) is 18.0 Å². The Morgan fingerprint density at radius 2 is 2.11 bits per heavy atom. The lowest BCUT2D eigenvalue weighted by Crippen LogP contribution is -2.57. The van der Waals surface area contributed by atoms with Crippen molar-refractivity contribution in [3.05, 3.63) is 28.2 Å². The summed E-state index contributed by atoms with van der Waals surface area (Å²) in [7, 11) is 0. The summed E-state index contributed by atoms with van der Waals surface area (Å²) in [5.41, 5.74) is 2.65. The Hall–Kier alpha value is -0.540. The molecule has 0 saturated carbocycles. The van der Waals surface area contributed by atoms with E-state index in [4.69, 9.17) is 0 Å². The molecular weight excluding hydrogens is 288 g/mol. The van der Waals surface area contributed by atoms with E-state index in [0.717, 1.165) is 13.1 Å². The number of anilines is 1. The molecule has 1 saturated heterocycles. The van der Waals surface area contributed by atoms with Gasteiger partial charge in [0.25, 0.3) is 0 Å². The molecule has 2 nitrogen and oxygen atoms in total. The number of nitrogens with zero attached hydrogens (tertiary/aromatic N) is 1. The maximum Gasteiger partial charge on any atom is 0.0387 e. The average molecular weight is 311 g/mol. The van der Waals surface area contributed by atoms with Crippen LogP contribution in [0.15, 0.2) is 22.7 Å². The van der Waals surface area contributed by atoms with Crippen molar-refractivity contribution >= 4 is 21.6 Å². The summed E-state index contributed by atoms with van der Waals surface area (Å²) in [6, 6.07) is 7.80. The van der Waals surface area contributed by atoms with Crippen LogP contribution in [0.3, 0.4) is 0 Å². The van der Waals surface area contributed by atoms with Crippen LogP contribution in [0.5, 0.6) is 0 Å². The highest BCUT2D eigenvalue weighted by Crippen LogP contribution is 2.26. The number of hydrogen-bond acceptors (Lipinski definition) is 2. The molecule has 2 atom stereocenters. The van der Waals surface area contributed by atoms with E-state index in [-0.39, 0.29) is 0 Å². The minimum atomic E-state index is 0.556. The van der Waals surface area contributed by atoms with Crippen LogP contribution in [-0.2, 0) is 0 Å². The van der Waals surface area contributed by atoms with Gasteiger partial charge in [0.1, 0.15) is 0 Å². The Balaban J connectivity index is 2.21. The lowest BCUT2D eigenvalue weighted by Gasteiger charge is -2.42. The topological polar surface area (TPSA) is 15.3 Å². The summed E-state index contributed by atoms with van der Waals surface area (Å²) in [4.78, 5) is 2.53. The molecule has 1 aliphatic rings. The summed E-state index contributed by atoms with van der Waals surface area (Å²) in [6.07, 6.45) is 0. The van der Waals surface area contributed by atoms with E-state index in [1.54, 1.807) is 0 Å². The SMILES string of the molecule is Cc1cc(N2CC(C(C)C)NCC2C)ccc1Br. The highest BCUT2D eigenvalue weighted by Gasteiger charge is 2.26. The van der Waals surface area contributed by atoms with Gasteiger partial charge in [-0.3, -0.25) is 0 Å². The number of halogens is 1. The van der Waals surface area contributed by atoms with Gasteiger partial charge in [-0.1, -0.05) is 29.8 Å². The number of rotatable bonds is 2. The van der Waals surface area contributed by atoms with Crippen molar-refractivity contribution in [2.24, 2.45) is 5.92 Å². The van der Waals surface area contributed by atoms with Crippen LogP contribution in [0.1, 0.15) is 26.3 Å². The molecule has 1 aromatic carbocycles. The van der Waals surface area contributed by atoms with E-state index in [9.17, 15) is 0 Å². The highest BCUT2D eigenvalue weighted by molar-refractivity contribution is 9.10. The van der Waals surface area contributed by atoms with Crippen LogP contribution < -0.4 is 10.2 Å². The third kappa shape index (κ3) is 2.89. The van der Waals surface area contributed by atoms with Gasteiger partial charge >= 0.3 is 0 Å². The molecule has 0 amide bonds. The van der Waals surface area contributed by atoms with E-state index < -0.39 is 0 Å². The van der Waals surface area contributed by atoms with E-state index in [2.05, 4.69) is 72.0 Å². The summed E-state index contributed by atoms with van der Waals surface area (Å²) in [5, 5.41) is 3.64. The van der Waals surface area contributed by atoms with Crippen molar-refractivity contribution in [1.29, 1.82) is 0 Å². The quantitative estimate of drug-likeness (QED) is 0.898. The molecule has 0 bridgehead atoms. The van der Waals surface area contributed by atoms with Crippen LogP contribution in [0.25, 0.3) is 0 Å². The van der Waals surface area contributed by atoms with Crippen LogP contribution in [-0.4, -0.2) is 25.2 Å². The van der Waals surface area contributed by atoms with Gasteiger partial charge in [-0.15, -0.1) is 0 Å². The Kier molecular flexibility index (Phi) is 4.33. The second kappa shape index (κ2) is 5.62. The van der Waals surface area contributed by atoms with Gasteiger partial charge in [0.15, 0.2) is 0 Å². The van der Waals surface area contributed by atoms with E-state index in [0.29, 0.717) is 18.0 Å². The Morgan fingerprint density at radius 3 is 2.72 bits per heavy atom. The minimum absolute atomic E-state index is 0.556. The standard InChI is InChI=1S/C15H23BrN2/c1-10(2)15-9-18(12(4)8-17-15)13-5-6-14(16)11(3)7-13/h5-7,10,12,15,17H,8-9H2,1-4H3. The zero-order chi connectivity index (χ0) is 13.3. The maximum absolute atomic E-state index is 3.64. The summed E-state index contributed by atoms with van der Waals surface area (Å²) in [6.45, 7) is 11.2. The number of piperazine rings is 1. The minimum Gasteiger partial charge on any atom is -0.366 e. The Labute approximate surface area is 119 Å². The Bertz CT molecular complexity index is 417. The third-order valence-corrected chi connectivity index (χ3v) is 4.77. The molecule has 1 fully saturated rings. The zero-order valence-electron chi connectivity index (χ0n) is 11.7. The molecule has 0 aliphatic carbocycles. The van der Waals surface area contributed by atoms with E-state index in [1.807, 2.05) is 0 Å². The van der Waals surface area contributed by atoms with Crippen molar-refractivity contribution in [1.82, 2.24) is 5.32 Å². The number of nitrogens with one attached hydrogen (secondary N) is 1. The predicted molar refractivity (Wildman–Crippen MR) is 82.3 cm³/mol. The average Bonchev–Trinajstić information content (AvgIpc) is 2.33. The molecule has 1 N–H and O–H groups in total. The summed E-state index contributed by atoms with van der Waals surface area (Å²) >= 11 is 3.57. The van der Waals surface area contributed by atoms with Gasteiger partial charge in [0.05, 0.1) is 0 Å². The van der Waals surface area contributed by atoms with Crippen molar-refractivity contribution in [3.8, 4) is 0 Å². The van der Waals surface area contributed by atoms with Crippen molar-refractivity contribution < 1.29 is 0 Å². The molecule has 18 heavy (non-hydrogen) atoms. The number of hydrogen-bond donors (Lipinski definition) is 1.